The van der Waals surface area contributed by atoms with Crippen LogP contribution in [-0.4, -0.2) is 49.8 Å². The first-order chi connectivity index (χ1) is 14.6. The quantitative estimate of drug-likeness (QED) is 0.326. The molecule has 1 aromatic rings. The maximum atomic E-state index is 5.75. The summed E-state index contributed by atoms with van der Waals surface area (Å²) in [5, 5.41) is 1.96. The van der Waals surface area contributed by atoms with E-state index < -0.39 is 0 Å². The largest absolute Gasteiger partial charge is 0.399 e. The highest BCUT2D eigenvalue weighted by Crippen LogP contribution is 2.18. The highest BCUT2D eigenvalue weighted by atomic mass is 15.5. The average molecular weight is 419 g/mol. The smallest absolute Gasteiger partial charge is 0.0851 e. The summed E-state index contributed by atoms with van der Waals surface area (Å²) in [5.41, 5.74) is 16.5. The van der Waals surface area contributed by atoms with Gasteiger partial charge in [0.05, 0.1) is 6.67 Å². The van der Waals surface area contributed by atoms with Gasteiger partial charge in [0.1, 0.15) is 0 Å². The minimum atomic E-state index is 0.797. The van der Waals surface area contributed by atoms with E-state index in [1.165, 1.54) is 63.7 Å². The van der Waals surface area contributed by atoms with Gasteiger partial charge in [-0.25, -0.2) is 5.43 Å². The van der Waals surface area contributed by atoms with Crippen molar-refractivity contribution in [1.82, 2.24) is 15.3 Å². The summed E-state index contributed by atoms with van der Waals surface area (Å²) in [7, 11) is 1.99. The van der Waals surface area contributed by atoms with Crippen molar-refractivity contribution in [1.29, 1.82) is 0 Å². The van der Waals surface area contributed by atoms with E-state index in [1.54, 1.807) is 0 Å². The van der Waals surface area contributed by atoms with Crippen molar-refractivity contribution in [2.75, 3.05) is 50.5 Å². The number of nitrogen functional groups attached to an aromatic ring is 1. The van der Waals surface area contributed by atoms with Crippen LogP contribution in [0, 0.1) is 0 Å². The van der Waals surface area contributed by atoms with Crippen molar-refractivity contribution in [2.24, 2.45) is 5.73 Å². The predicted molar refractivity (Wildman–Crippen MR) is 132 cm³/mol. The molecule has 6 heteroatoms. The fourth-order valence-electron chi connectivity index (χ4n) is 3.28. The second kappa shape index (κ2) is 16.8. The molecule has 30 heavy (non-hydrogen) atoms. The SMILES string of the molecule is CCCCCN(CCCCC)c1ccc(N)cc1.CN1C=CN(CCCCN)CN1. The number of unbranched alkanes of at least 4 members (excludes halogenated alkanes) is 5. The molecule has 5 N–H and O–H groups in total. The first-order valence-corrected chi connectivity index (χ1v) is 11.8. The summed E-state index contributed by atoms with van der Waals surface area (Å²) in [5.74, 6) is 0. The Morgan fingerprint density at radius 3 is 2.03 bits per heavy atom. The molecule has 2 rings (SSSR count). The standard InChI is InChI=1S/C16H28N2.C8H18N4/c1-3-5-7-13-18(14-8-6-4-2)16-11-9-15(17)10-12-16;1-11-6-7-12(8-10-11)5-3-2-4-9/h9-12H,3-8,13-14,17H2,1-2H3;6-7,10H,2-5,8-9H2,1H3. The summed E-state index contributed by atoms with van der Waals surface area (Å²) in [6, 6.07) is 8.30. The second-order valence-electron chi connectivity index (χ2n) is 8.03. The van der Waals surface area contributed by atoms with Gasteiger partial charge in [0.15, 0.2) is 0 Å². The zero-order chi connectivity index (χ0) is 22.0. The number of hydrazine groups is 1. The summed E-state index contributed by atoms with van der Waals surface area (Å²) in [6.45, 7) is 9.63. The van der Waals surface area contributed by atoms with Gasteiger partial charge in [-0.05, 0) is 56.5 Å². The normalized spacial score (nSPS) is 13.2. The summed E-state index contributed by atoms with van der Waals surface area (Å²) >= 11 is 0. The third kappa shape index (κ3) is 11.9. The van der Waals surface area contributed by atoms with Crippen LogP contribution < -0.4 is 21.8 Å². The molecule has 0 spiro atoms. The van der Waals surface area contributed by atoms with Gasteiger partial charge in [0.25, 0.3) is 0 Å². The van der Waals surface area contributed by atoms with Crippen LogP contribution in [0.3, 0.4) is 0 Å². The number of nitrogens with two attached hydrogens (primary N) is 2. The molecule has 1 aliphatic heterocycles. The van der Waals surface area contributed by atoms with Crippen LogP contribution in [0.25, 0.3) is 0 Å². The maximum Gasteiger partial charge on any atom is 0.0851 e. The van der Waals surface area contributed by atoms with Crippen LogP contribution in [0.1, 0.15) is 65.2 Å². The van der Waals surface area contributed by atoms with E-state index in [2.05, 4.69) is 47.4 Å². The third-order valence-electron chi connectivity index (χ3n) is 5.25. The summed E-state index contributed by atoms with van der Waals surface area (Å²) < 4.78 is 0. The van der Waals surface area contributed by atoms with Crippen molar-refractivity contribution >= 4 is 11.4 Å². The second-order valence-corrected chi connectivity index (χ2v) is 8.03. The molecule has 1 aromatic carbocycles. The number of anilines is 2. The van der Waals surface area contributed by atoms with Crippen molar-refractivity contribution in [2.45, 2.75) is 65.2 Å². The van der Waals surface area contributed by atoms with Gasteiger partial charge in [-0.1, -0.05) is 39.5 Å². The van der Waals surface area contributed by atoms with Gasteiger partial charge in [0, 0.05) is 50.5 Å². The number of hydrogen-bond acceptors (Lipinski definition) is 6. The molecule has 0 aromatic heterocycles. The molecule has 1 heterocycles. The molecule has 172 valence electrons. The Bertz CT molecular complexity index is 535. The van der Waals surface area contributed by atoms with E-state index in [0.29, 0.717) is 0 Å². The lowest BCUT2D eigenvalue weighted by atomic mass is 10.2. The van der Waals surface area contributed by atoms with E-state index in [0.717, 1.165) is 31.9 Å². The molecule has 0 saturated heterocycles. The Balaban J connectivity index is 0.000000325. The molecule has 6 nitrogen and oxygen atoms in total. The van der Waals surface area contributed by atoms with E-state index in [-0.39, 0.29) is 0 Å². The average Bonchev–Trinajstić information content (AvgIpc) is 2.76. The Morgan fingerprint density at radius 2 is 1.53 bits per heavy atom. The zero-order valence-electron chi connectivity index (χ0n) is 19.7. The van der Waals surface area contributed by atoms with Crippen LogP contribution in [0.4, 0.5) is 11.4 Å². The third-order valence-corrected chi connectivity index (χ3v) is 5.25. The van der Waals surface area contributed by atoms with Crippen LogP contribution >= 0.6 is 0 Å². The lowest BCUT2D eigenvalue weighted by Gasteiger charge is -2.29. The fourth-order valence-corrected chi connectivity index (χ4v) is 3.28. The van der Waals surface area contributed by atoms with Gasteiger partial charge in [0.2, 0.25) is 0 Å². The first kappa shape index (κ1) is 26.1. The minimum absolute atomic E-state index is 0.797. The van der Waals surface area contributed by atoms with Gasteiger partial charge in [-0.3, -0.25) is 0 Å². The van der Waals surface area contributed by atoms with Crippen molar-refractivity contribution in [3.8, 4) is 0 Å². The number of benzene rings is 1. The van der Waals surface area contributed by atoms with Gasteiger partial charge < -0.3 is 26.3 Å². The predicted octanol–water partition coefficient (Wildman–Crippen LogP) is 4.36. The van der Waals surface area contributed by atoms with Crippen LogP contribution in [-0.2, 0) is 0 Å². The number of nitrogens with one attached hydrogen (secondary N) is 1. The molecule has 1 aliphatic rings. The topological polar surface area (TPSA) is 73.8 Å². The molecular formula is C24H46N6. The van der Waals surface area contributed by atoms with E-state index in [9.17, 15) is 0 Å². The molecule has 0 atom stereocenters. The summed E-state index contributed by atoms with van der Waals surface area (Å²) in [6.07, 6.45) is 14.2. The summed E-state index contributed by atoms with van der Waals surface area (Å²) in [4.78, 5) is 4.75. The Morgan fingerprint density at radius 1 is 0.900 bits per heavy atom. The Kier molecular flexibility index (Phi) is 14.7. The van der Waals surface area contributed by atoms with Gasteiger partial charge in [-0.2, -0.15) is 0 Å². The Hall–Kier alpha value is -1.92. The monoisotopic (exact) mass is 418 g/mol. The van der Waals surface area contributed by atoms with Gasteiger partial charge in [-0.15, -0.1) is 0 Å². The van der Waals surface area contributed by atoms with Gasteiger partial charge >= 0.3 is 0 Å². The molecule has 0 unspecified atom stereocenters. The first-order valence-electron chi connectivity index (χ1n) is 11.8. The lowest BCUT2D eigenvalue weighted by Crippen LogP contribution is -2.42. The fraction of sp³-hybridized carbons (Fsp3) is 0.667. The zero-order valence-corrected chi connectivity index (χ0v) is 19.7. The highest BCUT2D eigenvalue weighted by Gasteiger charge is 2.06. The number of rotatable bonds is 13. The molecule has 0 saturated carbocycles. The van der Waals surface area contributed by atoms with E-state index in [1.807, 2.05) is 30.4 Å². The maximum absolute atomic E-state index is 5.75. The lowest BCUT2D eigenvalue weighted by molar-refractivity contribution is 0.200. The minimum Gasteiger partial charge on any atom is -0.399 e. The van der Waals surface area contributed by atoms with E-state index >= 15 is 0 Å². The van der Waals surface area contributed by atoms with Crippen molar-refractivity contribution < 1.29 is 0 Å². The molecule has 0 amide bonds. The number of nitrogens with zero attached hydrogens (tertiary/aromatic N) is 3. The van der Waals surface area contributed by atoms with Crippen molar-refractivity contribution in [3.63, 3.8) is 0 Å². The molecule has 0 fully saturated rings. The number of hydrogen-bond donors (Lipinski definition) is 3. The highest BCUT2D eigenvalue weighted by molar-refractivity contribution is 5.53. The van der Waals surface area contributed by atoms with Crippen LogP contribution in [0.2, 0.25) is 0 Å². The molecule has 0 radical (unpaired) electrons. The van der Waals surface area contributed by atoms with E-state index in [4.69, 9.17) is 11.5 Å². The molecule has 0 bridgehead atoms. The Labute approximate surface area is 185 Å². The van der Waals surface area contributed by atoms with Crippen molar-refractivity contribution in [3.05, 3.63) is 36.7 Å². The van der Waals surface area contributed by atoms with Crippen LogP contribution in [0.5, 0.6) is 0 Å². The molecule has 0 aliphatic carbocycles. The van der Waals surface area contributed by atoms with Crippen LogP contribution in [0.15, 0.2) is 36.7 Å². The molecular weight excluding hydrogens is 372 g/mol.